The molecule has 96 valence electrons. The van der Waals surface area contributed by atoms with Crippen LogP contribution in [-0.4, -0.2) is 12.0 Å². The average molecular weight is 285 g/mol. The van der Waals surface area contributed by atoms with Gasteiger partial charge in [0, 0.05) is 12.1 Å². The summed E-state index contributed by atoms with van der Waals surface area (Å²) < 4.78 is 5.39. The lowest BCUT2D eigenvalue weighted by Gasteiger charge is -2.23. The summed E-state index contributed by atoms with van der Waals surface area (Å²) in [5, 5.41) is 0.731. The Bertz CT molecular complexity index is 510. The molecular formula is C13H14Cl2N2O. The van der Waals surface area contributed by atoms with Crippen molar-refractivity contribution < 1.29 is 4.42 Å². The van der Waals surface area contributed by atoms with E-state index in [9.17, 15) is 0 Å². The number of halogens is 2. The Kier molecular flexibility index (Phi) is 4.15. The van der Waals surface area contributed by atoms with Crippen LogP contribution in [0.15, 0.2) is 34.9 Å². The Labute approximate surface area is 116 Å². The molecule has 3 nitrogen and oxygen atoms in total. The molecule has 0 saturated carbocycles. The maximum atomic E-state index is 5.88. The van der Waals surface area contributed by atoms with E-state index in [1.54, 1.807) is 6.26 Å². The Hall–Kier alpha value is -1.19. The van der Waals surface area contributed by atoms with Crippen molar-refractivity contribution in [3.8, 4) is 0 Å². The monoisotopic (exact) mass is 284 g/mol. The predicted octanol–water partition coefficient (Wildman–Crippen LogP) is 4.26. The van der Waals surface area contributed by atoms with E-state index in [4.69, 9.17) is 27.6 Å². The van der Waals surface area contributed by atoms with E-state index in [1.807, 2.05) is 36.2 Å². The van der Waals surface area contributed by atoms with Gasteiger partial charge in [-0.15, -0.1) is 11.6 Å². The molecule has 2 aromatic rings. The van der Waals surface area contributed by atoms with Crippen LogP contribution in [0.1, 0.15) is 24.2 Å². The minimum atomic E-state index is 0.143. The SMILES string of the molecule is CC(c1ccc(Cl)cc1)N(C)c1nc(CCl)co1. The van der Waals surface area contributed by atoms with Gasteiger partial charge in [0.2, 0.25) is 0 Å². The second kappa shape index (κ2) is 5.63. The van der Waals surface area contributed by atoms with Crippen LogP contribution in [0.3, 0.4) is 0 Å². The lowest BCUT2D eigenvalue weighted by molar-refractivity contribution is 0.526. The molecule has 0 spiro atoms. The molecule has 0 bridgehead atoms. The summed E-state index contributed by atoms with van der Waals surface area (Å²) in [5.41, 5.74) is 1.88. The molecule has 5 heteroatoms. The van der Waals surface area contributed by atoms with Crippen molar-refractivity contribution in [3.63, 3.8) is 0 Å². The molecule has 0 fully saturated rings. The van der Waals surface area contributed by atoms with E-state index in [0.29, 0.717) is 11.9 Å². The van der Waals surface area contributed by atoms with Crippen molar-refractivity contribution in [1.29, 1.82) is 0 Å². The number of aromatic nitrogens is 1. The van der Waals surface area contributed by atoms with Crippen LogP contribution < -0.4 is 4.90 Å². The summed E-state index contributed by atoms with van der Waals surface area (Å²) in [4.78, 5) is 6.25. The van der Waals surface area contributed by atoms with Crippen LogP contribution in [0.4, 0.5) is 6.01 Å². The number of hydrogen-bond acceptors (Lipinski definition) is 3. The molecule has 1 atom stereocenters. The van der Waals surface area contributed by atoms with Crippen LogP contribution in [0.5, 0.6) is 0 Å². The average Bonchev–Trinajstić information content (AvgIpc) is 2.86. The minimum Gasteiger partial charge on any atom is -0.432 e. The number of oxazole rings is 1. The molecule has 0 aliphatic heterocycles. The Morgan fingerprint density at radius 1 is 1.33 bits per heavy atom. The van der Waals surface area contributed by atoms with Crippen molar-refractivity contribution in [2.45, 2.75) is 18.8 Å². The van der Waals surface area contributed by atoms with Gasteiger partial charge in [-0.3, -0.25) is 0 Å². The third-order valence-corrected chi connectivity index (χ3v) is 3.44. The first-order valence-corrected chi connectivity index (χ1v) is 6.51. The highest BCUT2D eigenvalue weighted by molar-refractivity contribution is 6.30. The quantitative estimate of drug-likeness (QED) is 0.786. The molecule has 0 saturated heterocycles. The van der Waals surface area contributed by atoms with Gasteiger partial charge in [0.1, 0.15) is 6.26 Å². The van der Waals surface area contributed by atoms with Crippen LogP contribution in [0.2, 0.25) is 5.02 Å². The number of nitrogens with zero attached hydrogens (tertiary/aromatic N) is 2. The Morgan fingerprint density at radius 2 is 2.00 bits per heavy atom. The summed E-state index contributed by atoms with van der Waals surface area (Å²) >= 11 is 11.6. The second-order valence-electron chi connectivity index (χ2n) is 4.09. The Balaban J connectivity index is 2.17. The summed E-state index contributed by atoms with van der Waals surface area (Å²) in [6.45, 7) is 2.08. The molecule has 1 aromatic heterocycles. The molecule has 0 amide bonds. The second-order valence-corrected chi connectivity index (χ2v) is 4.80. The van der Waals surface area contributed by atoms with Crippen molar-refractivity contribution >= 4 is 29.2 Å². The minimum absolute atomic E-state index is 0.143. The fourth-order valence-electron chi connectivity index (χ4n) is 1.65. The molecule has 18 heavy (non-hydrogen) atoms. The number of benzene rings is 1. The smallest absolute Gasteiger partial charge is 0.297 e. The predicted molar refractivity (Wildman–Crippen MR) is 74.3 cm³/mol. The number of rotatable bonds is 4. The largest absolute Gasteiger partial charge is 0.432 e. The first-order chi connectivity index (χ1) is 8.61. The maximum Gasteiger partial charge on any atom is 0.297 e. The van der Waals surface area contributed by atoms with Gasteiger partial charge in [-0.2, -0.15) is 4.98 Å². The summed E-state index contributed by atoms with van der Waals surface area (Å²) in [6, 6.07) is 8.45. The normalized spacial score (nSPS) is 12.4. The summed E-state index contributed by atoms with van der Waals surface area (Å²) in [7, 11) is 1.93. The number of anilines is 1. The van der Waals surface area contributed by atoms with Gasteiger partial charge in [0.15, 0.2) is 0 Å². The Morgan fingerprint density at radius 3 is 2.56 bits per heavy atom. The molecule has 0 radical (unpaired) electrons. The van der Waals surface area contributed by atoms with E-state index in [0.717, 1.165) is 16.3 Å². The van der Waals surface area contributed by atoms with Gasteiger partial charge in [-0.05, 0) is 24.6 Å². The van der Waals surface area contributed by atoms with Crippen molar-refractivity contribution in [2.24, 2.45) is 0 Å². The zero-order chi connectivity index (χ0) is 13.1. The highest BCUT2D eigenvalue weighted by Gasteiger charge is 2.16. The third kappa shape index (κ3) is 2.79. The fraction of sp³-hybridized carbons (Fsp3) is 0.308. The third-order valence-electron chi connectivity index (χ3n) is 2.91. The number of alkyl halides is 1. The van der Waals surface area contributed by atoms with Crippen molar-refractivity contribution in [2.75, 3.05) is 11.9 Å². The zero-order valence-electron chi connectivity index (χ0n) is 10.2. The first kappa shape index (κ1) is 13.2. The van der Waals surface area contributed by atoms with Gasteiger partial charge in [0.05, 0.1) is 17.6 Å². The summed E-state index contributed by atoms with van der Waals surface area (Å²) in [5.74, 6) is 0.354. The first-order valence-electron chi connectivity index (χ1n) is 5.60. The van der Waals surface area contributed by atoms with E-state index >= 15 is 0 Å². The highest BCUT2D eigenvalue weighted by Crippen LogP contribution is 2.25. The van der Waals surface area contributed by atoms with Crippen LogP contribution in [-0.2, 0) is 5.88 Å². The molecule has 1 aromatic carbocycles. The van der Waals surface area contributed by atoms with Crippen LogP contribution in [0, 0.1) is 0 Å². The van der Waals surface area contributed by atoms with E-state index in [-0.39, 0.29) is 6.04 Å². The lowest BCUT2D eigenvalue weighted by Crippen LogP contribution is -2.21. The van der Waals surface area contributed by atoms with Crippen molar-refractivity contribution in [3.05, 3.63) is 46.8 Å². The van der Waals surface area contributed by atoms with E-state index in [1.165, 1.54) is 0 Å². The molecular weight excluding hydrogens is 271 g/mol. The molecule has 0 N–H and O–H groups in total. The van der Waals surface area contributed by atoms with Gasteiger partial charge >= 0.3 is 0 Å². The van der Waals surface area contributed by atoms with Gasteiger partial charge in [-0.25, -0.2) is 0 Å². The molecule has 1 unspecified atom stereocenters. The molecule has 1 heterocycles. The van der Waals surface area contributed by atoms with Crippen LogP contribution >= 0.6 is 23.2 Å². The van der Waals surface area contributed by atoms with Gasteiger partial charge in [-0.1, -0.05) is 23.7 Å². The zero-order valence-corrected chi connectivity index (χ0v) is 11.7. The van der Waals surface area contributed by atoms with E-state index in [2.05, 4.69) is 11.9 Å². The molecule has 0 aliphatic carbocycles. The topological polar surface area (TPSA) is 29.3 Å². The highest BCUT2D eigenvalue weighted by atomic mass is 35.5. The standard InChI is InChI=1S/C13H14Cl2N2O/c1-9(10-3-5-11(15)6-4-10)17(2)13-16-12(7-14)8-18-13/h3-6,8-9H,7H2,1-2H3. The lowest BCUT2D eigenvalue weighted by atomic mass is 10.1. The number of hydrogen-bond donors (Lipinski definition) is 0. The van der Waals surface area contributed by atoms with Crippen molar-refractivity contribution in [1.82, 2.24) is 4.98 Å². The summed E-state index contributed by atoms with van der Waals surface area (Å²) in [6.07, 6.45) is 1.58. The fourth-order valence-corrected chi connectivity index (χ4v) is 1.90. The van der Waals surface area contributed by atoms with Crippen LogP contribution in [0.25, 0.3) is 0 Å². The van der Waals surface area contributed by atoms with E-state index < -0.39 is 0 Å². The molecule has 2 rings (SSSR count). The van der Waals surface area contributed by atoms with Gasteiger partial charge in [0.25, 0.3) is 6.01 Å². The maximum absolute atomic E-state index is 5.88. The van der Waals surface area contributed by atoms with Gasteiger partial charge < -0.3 is 9.32 Å². The molecule has 0 aliphatic rings.